The van der Waals surface area contributed by atoms with Crippen LogP contribution in [-0.2, 0) is 12.8 Å². The number of aldehydes is 1. The number of aryl methyl sites for hydroxylation is 1. The molecule has 0 aliphatic heterocycles. The molecule has 0 atom stereocenters. The van der Waals surface area contributed by atoms with E-state index in [-0.39, 0.29) is 0 Å². The summed E-state index contributed by atoms with van der Waals surface area (Å²) in [6, 6.07) is 5.85. The lowest BCUT2D eigenvalue weighted by molar-refractivity contribution is 0.109. The number of hydrogen-bond acceptors (Lipinski definition) is 3. The number of carbonyl (C=O) groups excluding carboxylic acids is 1. The van der Waals surface area contributed by atoms with E-state index in [2.05, 4.69) is 18.0 Å². The largest absolute Gasteiger partial charge is 0.461 e. The molecule has 0 aromatic carbocycles. The minimum absolute atomic E-state index is 0.390. The van der Waals surface area contributed by atoms with Crippen LogP contribution in [0.25, 0.3) is 0 Å². The van der Waals surface area contributed by atoms with Crippen LogP contribution in [0.5, 0.6) is 0 Å². The summed E-state index contributed by atoms with van der Waals surface area (Å²) >= 11 is 0. The molecule has 2 rings (SSSR count). The zero-order valence-electron chi connectivity index (χ0n) is 9.14. The highest BCUT2D eigenvalue weighted by Crippen LogP contribution is 2.13. The first-order chi connectivity index (χ1) is 7.83. The standard InChI is InChI=1S/C13H13NO2/c1-2-10-3-4-12(14-8-10)7-11-5-6-16-13(11)9-15/h3-6,8-9H,2,7H2,1H3. The predicted molar refractivity (Wildman–Crippen MR) is 60.5 cm³/mol. The molecule has 0 radical (unpaired) electrons. The van der Waals surface area contributed by atoms with Crippen LogP contribution in [0.15, 0.2) is 35.1 Å². The van der Waals surface area contributed by atoms with Crippen molar-refractivity contribution in [2.75, 3.05) is 0 Å². The first-order valence-corrected chi connectivity index (χ1v) is 5.29. The summed E-state index contributed by atoms with van der Waals surface area (Å²) in [5.74, 6) is 0.390. The monoisotopic (exact) mass is 215 g/mol. The van der Waals surface area contributed by atoms with Crippen molar-refractivity contribution >= 4 is 6.29 Å². The third-order valence-corrected chi connectivity index (χ3v) is 2.55. The van der Waals surface area contributed by atoms with Gasteiger partial charge < -0.3 is 4.42 Å². The molecule has 0 N–H and O–H groups in total. The Bertz CT molecular complexity index is 471. The van der Waals surface area contributed by atoms with E-state index in [4.69, 9.17) is 4.42 Å². The summed E-state index contributed by atoms with van der Waals surface area (Å²) in [5, 5.41) is 0. The Morgan fingerprint density at radius 1 is 1.38 bits per heavy atom. The molecular weight excluding hydrogens is 202 g/mol. The summed E-state index contributed by atoms with van der Waals surface area (Å²) in [6.07, 6.45) is 5.75. The summed E-state index contributed by atoms with van der Waals surface area (Å²) < 4.78 is 5.04. The molecule has 0 fully saturated rings. The number of carbonyl (C=O) groups is 1. The normalized spacial score (nSPS) is 10.3. The zero-order valence-corrected chi connectivity index (χ0v) is 9.14. The molecule has 0 spiro atoms. The Hall–Kier alpha value is -1.90. The third-order valence-electron chi connectivity index (χ3n) is 2.55. The lowest BCUT2D eigenvalue weighted by Gasteiger charge is -2.00. The van der Waals surface area contributed by atoms with Crippen molar-refractivity contribution in [2.45, 2.75) is 19.8 Å². The smallest absolute Gasteiger partial charge is 0.185 e. The Morgan fingerprint density at radius 2 is 2.25 bits per heavy atom. The van der Waals surface area contributed by atoms with Crippen molar-refractivity contribution in [2.24, 2.45) is 0 Å². The topological polar surface area (TPSA) is 43.1 Å². The second kappa shape index (κ2) is 4.75. The van der Waals surface area contributed by atoms with Gasteiger partial charge in [-0.25, -0.2) is 0 Å². The SMILES string of the molecule is CCc1ccc(Cc2ccoc2C=O)nc1. The number of rotatable bonds is 4. The molecule has 0 saturated carbocycles. The molecule has 0 aliphatic rings. The van der Waals surface area contributed by atoms with Crippen LogP contribution < -0.4 is 0 Å². The van der Waals surface area contributed by atoms with Crippen LogP contribution in [-0.4, -0.2) is 11.3 Å². The fourth-order valence-electron chi connectivity index (χ4n) is 1.56. The second-order valence-electron chi connectivity index (χ2n) is 3.62. The van der Waals surface area contributed by atoms with E-state index in [9.17, 15) is 4.79 Å². The van der Waals surface area contributed by atoms with Gasteiger partial charge >= 0.3 is 0 Å². The van der Waals surface area contributed by atoms with E-state index >= 15 is 0 Å². The summed E-state index contributed by atoms with van der Waals surface area (Å²) in [7, 11) is 0. The Balaban J connectivity index is 2.17. The van der Waals surface area contributed by atoms with Gasteiger partial charge in [0.1, 0.15) is 0 Å². The van der Waals surface area contributed by atoms with Gasteiger partial charge in [-0.1, -0.05) is 13.0 Å². The van der Waals surface area contributed by atoms with Gasteiger partial charge in [0.25, 0.3) is 0 Å². The Labute approximate surface area is 94.1 Å². The summed E-state index contributed by atoms with van der Waals surface area (Å²) in [6.45, 7) is 2.09. The van der Waals surface area contributed by atoms with Crippen molar-refractivity contribution in [3.63, 3.8) is 0 Å². The van der Waals surface area contributed by atoms with E-state index < -0.39 is 0 Å². The highest BCUT2D eigenvalue weighted by Gasteiger charge is 2.06. The van der Waals surface area contributed by atoms with E-state index in [1.54, 1.807) is 6.07 Å². The molecule has 82 valence electrons. The van der Waals surface area contributed by atoms with Crippen LogP contribution in [0.4, 0.5) is 0 Å². The Kier molecular flexibility index (Phi) is 3.15. The quantitative estimate of drug-likeness (QED) is 0.736. The number of nitrogens with zero attached hydrogens (tertiary/aromatic N) is 1. The molecule has 16 heavy (non-hydrogen) atoms. The van der Waals surface area contributed by atoms with Crippen LogP contribution in [0.3, 0.4) is 0 Å². The molecular formula is C13H13NO2. The molecule has 3 nitrogen and oxygen atoms in total. The number of hydrogen-bond donors (Lipinski definition) is 0. The van der Waals surface area contributed by atoms with Crippen molar-refractivity contribution in [1.82, 2.24) is 4.98 Å². The van der Waals surface area contributed by atoms with Gasteiger partial charge in [0, 0.05) is 23.9 Å². The van der Waals surface area contributed by atoms with Crippen molar-refractivity contribution < 1.29 is 9.21 Å². The molecule has 0 unspecified atom stereocenters. The minimum Gasteiger partial charge on any atom is -0.461 e. The predicted octanol–water partition coefficient (Wildman–Crippen LogP) is 2.64. The maximum absolute atomic E-state index is 10.7. The van der Waals surface area contributed by atoms with Gasteiger partial charge in [-0.15, -0.1) is 0 Å². The lowest BCUT2D eigenvalue weighted by atomic mass is 10.1. The number of pyridine rings is 1. The molecule has 0 aliphatic carbocycles. The van der Waals surface area contributed by atoms with Crippen molar-refractivity contribution in [3.05, 3.63) is 53.2 Å². The van der Waals surface area contributed by atoms with Gasteiger partial charge in [0.05, 0.1) is 6.26 Å². The highest BCUT2D eigenvalue weighted by atomic mass is 16.3. The first kappa shape index (κ1) is 10.6. The fourth-order valence-corrected chi connectivity index (χ4v) is 1.56. The second-order valence-corrected chi connectivity index (χ2v) is 3.62. The van der Waals surface area contributed by atoms with Gasteiger partial charge in [-0.2, -0.15) is 0 Å². The lowest BCUT2D eigenvalue weighted by Crippen LogP contribution is -1.94. The summed E-state index contributed by atoms with van der Waals surface area (Å²) in [5.41, 5.74) is 3.04. The molecule has 2 aromatic rings. The number of aromatic nitrogens is 1. The van der Waals surface area contributed by atoms with Gasteiger partial charge in [-0.3, -0.25) is 9.78 Å². The number of furan rings is 1. The molecule has 0 bridgehead atoms. The van der Waals surface area contributed by atoms with Gasteiger partial charge in [0.2, 0.25) is 0 Å². The van der Waals surface area contributed by atoms with Gasteiger partial charge in [0.15, 0.2) is 12.0 Å². The van der Waals surface area contributed by atoms with Crippen LogP contribution in [0, 0.1) is 0 Å². The van der Waals surface area contributed by atoms with Crippen molar-refractivity contribution in [3.8, 4) is 0 Å². The van der Waals surface area contributed by atoms with E-state index in [0.717, 1.165) is 24.0 Å². The fraction of sp³-hybridized carbons (Fsp3) is 0.231. The minimum atomic E-state index is 0.390. The maximum atomic E-state index is 10.7. The van der Waals surface area contributed by atoms with Crippen molar-refractivity contribution in [1.29, 1.82) is 0 Å². The average Bonchev–Trinajstić information content (AvgIpc) is 2.77. The summed E-state index contributed by atoms with van der Waals surface area (Å²) in [4.78, 5) is 15.0. The highest BCUT2D eigenvalue weighted by molar-refractivity contribution is 5.73. The molecule has 0 saturated heterocycles. The van der Waals surface area contributed by atoms with Crippen LogP contribution >= 0.6 is 0 Å². The van der Waals surface area contributed by atoms with E-state index in [1.165, 1.54) is 11.8 Å². The average molecular weight is 215 g/mol. The van der Waals surface area contributed by atoms with Crippen LogP contribution in [0.1, 0.15) is 34.3 Å². The van der Waals surface area contributed by atoms with Gasteiger partial charge in [-0.05, 0) is 24.1 Å². The maximum Gasteiger partial charge on any atom is 0.185 e. The zero-order chi connectivity index (χ0) is 11.4. The molecule has 2 aromatic heterocycles. The third kappa shape index (κ3) is 2.19. The van der Waals surface area contributed by atoms with E-state index in [1.807, 2.05) is 12.3 Å². The molecule has 3 heteroatoms. The first-order valence-electron chi connectivity index (χ1n) is 5.29. The Morgan fingerprint density at radius 3 is 2.88 bits per heavy atom. The molecule has 0 amide bonds. The van der Waals surface area contributed by atoms with E-state index in [0.29, 0.717) is 12.2 Å². The van der Waals surface area contributed by atoms with Crippen LogP contribution in [0.2, 0.25) is 0 Å². The molecule has 2 heterocycles.